The van der Waals surface area contributed by atoms with Gasteiger partial charge in [0.2, 0.25) is 0 Å². The lowest BCUT2D eigenvalue weighted by molar-refractivity contribution is 0.610. The lowest BCUT2D eigenvalue weighted by Gasteiger charge is -2.05. The van der Waals surface area contributed by atoms with Crippen LogP contribution in [0.25, 0.3) is 10.9 Å². The molecule has 1 aromatic heterocycles. The molecule has 0 aliphatic heterocycles. The van der Waals surface area contributed by atoms with Crippen molar-refractivity contribution in [2.75, 3.05) is 0 Å². The SMILES string of the molecule is Cc1cc(Cl)c2cccc(S(=O)(=O)Cl)c2n1. The van der Waals surface area contributed by atoms with Crippen molar-refractivity contribution in [3.63, 3.8) is 0 Å². The highest BCUT2D eigenvalue weighted by molar-refractivity contribution is 8.14. The van der Waals surface area contributed by atoms with Gasteiger partial charge in [-0.15, -0.1) is 0 Å². The maximum absolute atomic E-state index is 11.4. The standard InChI is InChI=1S/C10H7Cl2NO2S/c1-6-5-8(11)7-3-2-4-9(10(7)13-6)16(12,14)15/h2-5H,1H3. The van der Waals surface area contributed by atoms with Gasteiger partial charge in [0.1, 0.15) is 4.90 Å². The molecule has 0 saturated carbocycles. The van der Waals surface area contributed by atoms with Gasteiger partial charge in [-0.25, -0.2) is 8.42 Å². The minimum atomic E-state index is -3.81. The van der Waals surface area contributed by atoms with E-state index in [2.05, 4.69) is 4.98 Å². The summed E-state index contributed by atoms with van der Waals surface area (Å²) >= 11 is 6.01. The lowest BCUT2D eigenvalue weighted by atomic mass is 10.2. The number of pyridine rings is 1. The highest BCUT2D eigenvalue weighted by atomic mass is 35.7. The molecule has 2 rings (SSSR count). The van der Waals surface area contributed by atoms with Gasteiger partial charge in [0.15, 0.2) is 0 Å². The molecule has 1 aromatic carbocycles. The fourth-order valence-electron chi connectivity index (χ4n) is 1.50. The first-order valence-electron chi connectivity index (χ1n) is 4.40. The van der Waals surface area contributed by atoms with E-state index in [9.17, 15) is 8.42 Å². The fraction of sp³-hybridized carbons (Fsp3) is 0.100. The van der Waals surface area contributed by atoms with E-state index < -0.39 is 9.05 Å². The van der Waals surface area contributed by atoms with Crippen LogP contribution in [0.5, 0.6) is 0 Å². The molecule has 6 heteroatoms. The molecule has 0 saturated heterocycles. The van der Waals surface area contributed by atoms with Crippen molar-refractivity contribution in [2.45, 2.75) is 11.8 Å². The van der Waals surface area contributed by atoms with Crippen LogP contribution >= 0.6 is 22.3 Å². The number of aromatic nitrogens is 1. The Bertz CT molecular complexity index is 668. The van der Waals surface area contributed by atoms with Crippen molar-refractivity contribution >= 4 is 42.2 Å². The van der Waals surface area contributed by atoms with E-state index in [0.29, 0.717) is 21.6 Å². The summed E-state index contributed by atoms with van der Waals surface area (Å²) in [6.45, 7) is 1.74. The number of nitrogens with zero attached hydrogens (tertiary/aromatic N) is 1. The summed E-state index contributed by atoms with van der Waals surface area (Å²) in [6.07, 6.45) is 0. The van der Waals surface area contributed by atoms with Crippen LogP contribution in [0.4, 0.5) is 0 Å². The van der Waals surface area contributed by atoms with E-state index >= 15 is 0 Å². The second-order valence-electron chi connectivity index (χ2n) is 3.34. The molecule has 0 fully saturated rings. The third-order valence-electron chi connectivity index (χ3n) is 2.14. The van der Waals surface area contributed by atoms with Crippen molar-refractivity contribution in [3.05, 3.63) is 35.0 Å². The van der Waals surface area contributed by atoms with E-state index in [1.54, 1.807) is 25.1 Å². The normalized spacial score (nSPS) is 11.9. The zero-order valence-electron chi connectivity index (χ0n) is 8.24. The predicted molar refractivity (Wildman–Crippen MR) is 64.5 cm³/mol. The summed E-state index contributed by atoms with van der Waals surface area (Å²) in [7, 11) is 1.52. The highest BCUT2D eigenvalue weighted by Gasteiger charge is 2.16. The number of benzene rings is 1. The van der Waals surface area contributed by atoms with Gasteiger partial charge in [0, 0.05) is 21.8 Å². The van der Waals surface area contributed by atoms with E-state index in [1.807, 2.05) is 0 Å². The average Bonchev–Trinajstić information content (AvgIpc) is 2.15. The minimum Gasteiger partial charge on any atom is -0.252 e. The van der Waals surface area contributed by atoms with Gasteiger partial charge in [-0.3, -0.25) is 4.98 Å². The molecule has 16 heavy (non-hydrogen) atoms. The van der Waals surface area contributed by atoms with Gasteiger partial charge in [0.05, 0.1) is 10.5 Å². The number of fused-ring (bicyclic) bond motifs is 1. The van der Waals surface area contributed by atoms with Crippen molar-refractivity contribution in [3.8, 4) is 0 Å². The third kappa shape index (κ3) is 2.00. The first kappa shape index (κ1) is 11.6. The Kier molecular flexibility index (Phi) is 2.82. The highest BCUT2D eigenvalue weighted by Crippen LogP contribution is 2.29. The van der Waals surface area contributed by atoms with Crippen molar-refractivity contribution in [1.82, 2.24) is 4.98 Å². The van der Waals surface area contributed by atoms with Gasteiger partial charge in [-0.05, 0) is 19.1 Å². The van der Waals surface area contributed by atoms with E-state index in [0.717, 1.165) is 0 Å². The largest absolute Gasteiger partial charge is 0.263 e. The molecule has 0 radical (unpaired) electrons. The minimum absolute atomic E-state index is 0.0164. The Morgan fingerprint density at radius 2 is 2.00 bits per heavy atom. The summed E-state index contributed by atoms with van der Waals surface area (Å²) < 4.78 is 22.7. The first-order valence-corrected chi connectivity index (χ1v) is 7.09. The lowest BCUT2D eigenvalue weighted by Crippen LogP contribution is -1.95. The van der Waals surface area contributed by atoms with Crippen LogP contribution in [-0.2, 0) is 9.05 Å². The summed E-state index contributed by atoms with van der Waals surface area (Å²) in [6, 6.07) is 6.37. The van der Waals surface area contributed by atoms with Crippen LogP contribution in [0.1, 0.15) is 5.69 Å². The van der Waals surface area contributed by atoms with Gasteiger partial charge in [-0.1, -0.05) is 23.7 Å². The monoisotopic (exact) mass is 275 g/mol. The maximum Gasteiger partial charge on any atom is 0.263 e. The molecule has 2 aromatic rings. The van der Waals surface area contributed by atoms with Crippen LogP contribution in [0.3, 0.4) is 0 Å². The quantitative estimate of drug-likeness (QED) is 0.752. The average molecular weight is 276 g/mol. The molecular formula is C10H7Cl2NO2S. The molecule has 0 spiro atoms. The van der Waals surface area contributed by atoms with Gasteiger partial charge < -0.3 is 0 Å². The van der Waals surface area contributed by atoms with Crippen molar-refractivity contribution < 1.29 is 8.42 Å². The Morgan fingerprint density at radius 1 is 1.31 bits per heavy atom. The zero-order valence-corrected chi connectivity index (χ0v) is 10.6. The third-order valence-corrected chi connectivity index (χ3v) is 3.81. The van der Waals surface area contributed by atoms with E-state index in [-0.39, 0.29) is 4.90 Å². The molecule has 0 atom stereocenters. The fourth-order valence-corrected chi connectivity index (χ4v) is 2.81. The number of rotatable bonds is 1. The van der Waals surface area contributed by atoms with Crippen LogP contribution in [0.2, 0.25) is 5.02 Å². The van der Waals surface area contributed by atoms with Crippen LogP contribution < -0.4 is 0 Å². The van der Waals surface area contributed by atoms with Gasteiger partial charge >= 0.3 is 0 Å². The van der Waals surface area contributed by atoms with Gasteiger partial charge in [-0.2, -0.15) is 0 Å². The summed E-state index contributed by atoms with van der Waals surface area (Å²) in [5.41, 5.74) is 0.952. The van der Waals surface area contributed by atoms with Crippen LogP contribution in [-0.4, -0.2) is 13.4 Å². The van der Waals surface area contributed by atoms with Crippen LogP contribution in [0.15, 0.2) is 29.2 Å². The molecule has 0 amide bonds. The smallest absolute Gasteiger partial charge is 0.252 e. The number of aryl methyl sites for hydroxylation is 1. The second kappa shape index (κ2) is 3.87. The summed E-state index contributed by atoms with van der Waals surface area (Å²) in [4.78, 5) is 4.14. The Morgan fingerprint density at radius 3 is 2.62 bits per heavy atom. The molecule has 0 aliphatic carbocycles. The molecule has 0 bridgehead atoms. The first-order chi connectivity index (χ1) is 7.39. The van der Waals surface area contributed by atoms with E-state index in [4.69, 9.17) is 22.3 Å². The molecular weight excluding hydrogens is 269 g/mol. The summed E-state index contributed by atoms with van der Waals surface area (Å²) in [5, 5.41) is 1.04. The predicted octanol–water partition coefficient (Wildman–Crippen LogP) is 3.12. The molecule has 0 aliphatic rings. The Balaban J connectivity index is 2.98. The molecule has 84 valence electrons. The Hall–Kier alpha value is -0.840. The number of halogens is 2. The van der Waals surface area contributed by atoms with Crippen molar-refractivity contribution in [1.29, 1.82) is 0 Å². The van der Waals surface area contributed by atoms with Crippen LogP contribution in [0, 0.1) is 6.92 Å². The number of hydrogen-bond acceptors (Lipinski definition) is 3. The molecule has 0 unspecified atom stereocenters. The zero-order chi connectivity index (χ0) is 11.9. The molecule has 3 nitrogen and oxygen atoms in total. The van der Waals surface area contributed by atoms with Crippen molar-refractivity contribution in [2.24, 2.45) is 0 Å². The maximum atomic E-state index is 11.4. The number of para-hydroxylation sites is 1. The molecule has 0 N–H and O–H groups in total. The number of hydrogen-bond donors (Lipinski definition) is 0. The van der Waals surface area contributed by atoms with E-state index in [1.165, 1.54) is 6.07 Å². The Labute approximate surface area is 102 Å². The summed E-state index contributed by atoms with van der Waals surface area (Å²) in [5.74, 6) is 0. The topological polar surface area (TPSA) is 47.0 Å². The second-order valence-corrected chi connectivity index (χ2v) is 6.28. The van der Waals surface area contributed by atoms with Gasteiger partial charge in [0.25, 0.3) is 9.05 Å². The molecule has 1 heterocycles.